The van der Waals surface area contributed by atoms with Crippen LogP contribution < -0.4 is 0 Å². The largest absolute Gasteiger partial charge is 0.343 e. The summed E-state index contributed by atoms with van der Waals surface area (Å²) in [5.74, 6) is 0.789. The maximum Gasteiger partial charge on any atom is 0.162 e. The van der Waals surface area contributed by atoms with Gasteiger partial charge in [-0.15, -0.1) is 0 Å². The summed E-state index contributed by atoms with van der Waals surface area (Å²) in [6.07, 6.45) is 3.47. The van der Waals surface area contributed by atoms with E-state index in [0.717, 1.165) is 10.9 Å². The number of aromatic amines is 1. The minimum atomic E-state index is 0.789. The third kappa shape index (κ3) is 1.94. The quantitative estimate of drug-likeness (QED) is 0.537. The molecule has 1 aromatic heterocycles. The van der Waals surface area contributed by atoms with Gasteiger partial charge in [0.05, 0.1) is 0 Å². The second kappa shape index (κ2) is 3.98. The van der Waals surface area contributed by atoms with E-state index >= 15 is 0 Å². The van der Waals surface area contributed by atoms with E-state index in [4.69, 9.17) is 0 Å². The maximum absolute atomic E-state index is 4.05. The van der Waals surface area contributed by atoms with Crippen molar-refractivity contribution in [1.82, 2.24) is 9.97 Å². The highest BCUT2D eigenvalue weighted by molar-refractivity contribution is 8.16. The Balaban J connectivity index is 2.80. The minimum Gasteiger partial charge on any atom is -0.343 e. The van der Waals surface area contributed by atoms with E-state index in [0.29, 0.717) is 0 Å². The van der Waals surface area contributed by atoms with Crippen LogP contribution in [0.3, 0.4) is 0 Å². The Morgan fingerprint density at radius 2 is 2.73 bits per heavy atom. The van der Waals surface area contributed by atoms with Crippen molar-refractivity contribution in [3.63, 3.8) is 0 Å². The molecular formula is C7H9N3S. The Morgan fingerprint density at radius 1 is 1.91 bits per heavy atom. The summed E-state index contributed by atoms with van der Waals surface area (Å²) in [7, 11) is 1.73. The van der Waals surface area contributed by atoms with Crippen molar-refractivity contribution in [2.45, 2.75) is 0 Å². The molecule has 0 unspecified atom stereocenters. The number of nitrogens with one attached hydrogen (secondary N) is 1. The van der Waals surface area contributed by atoms with Crippen LogP contribution in [0.4, 0.5) is 0 Å². The van der Waals surface area contributed by atoms with E-state index in [9.17, 15) is 0 Å². The van der Waals surface area contributed by atoms with Gasteiger partial charge in [-0.25, -0.2) is 4.98 Å². The first-order chi connectivity index (χ1) is 5.38. The summed E-state index contributed by atoms with van der Waals surface area (Å²) in [5, 5.41) is 2.58. The molecule has 1 aromatic rings. The monoisotopic (exact) mass is 167 g/mol. The van der Waals surface area contributed by atoms with Gasteiger partial charge in [-0.05, 0) is 5.41 Å². The lowest BCUT2D eigenvalue weighted by Crippen LogP contribution is -1.95. The molecule has 3 nitrogen and oxygen atoms in total. The molecule has 0 aliphatic rings. The average Bonchev–Trinajstić information content (AvgIpc) is 2.52. The highest BCUT2D eigenvalue weighted by Gasteiger charge is 2.01. The van der Waals surface area contributed by atoms with Crippen LogP contribution in [0.15, 0.2) is 29.4 Å². The van der Waals surface area contributed by atoms with Gasteiger partial charge in [-0.1, -0.05) is 18.3 Å². The molecule has 0 saturated heterocycles. The van der Waals surface area contributed by atoms with Crippen molar-refractivity contribution in [2.24, 2.45) is 4.99 Å². The standard InChI is InChI=1S/C7H9N3S/c1-3-11-7(8-2)6-9-4-5-10-6/h3-5H,1H2,2H3,(H,9,10). The molecule has 0 atom stereocenters. The van der Waals surface area contributed by atoms with Crippen LogP contribution in [-0.2, 0) is 0 Å². The van der Waals surface area contributed by atoms with Gasteiger partial charge in [-0.3, -0.25) is 4.99 Å². The van der Waals surface area contributed by atoms with E-state index in [1.807, 2.05) is 0 Å². The zero-order chi connectivity index (χ0) is 8.10. The molecule has 1 N–H and O–H groups in total. The molecule has 0 bridgehead atoms. The summed E-state index contributed by atoms with van der Waals surface area (Å²) in [6, 6.07) is 0. The van der Waals surface area contributed by atoms with Crippen LogP contribution in [0.25, 0.3) is 0 Å². The SMILES string of the molecule is C=CSC(=NC)c1ncc[nH]1. The lowest BCUT2D eigenvalue weighted by atomic mass is 10.7. The van der Waals surface area contributed by atoms with E-state index in [2.05, 4.69) is 21.5 Å². The molecular weight excluding hydrogens is 158 g/mol. The zero-order valence-corrected chi connectivity index (χ0v) is 7.06. The number of aliphatic imine (C=N–C) groups is 1. The Bertz CT molecular complexity index is 251. The average molecular weight is 167 g/mol. The molecule has 11 heavy (non-hydrogen) atoms. The first-order valence-electron chi connectivity index (χ1n) is 3.12. The fraction of sp³-hybridized carbons (Fsp3) is 0.143. The second-order valence-electron chi connectivity index (χ2n) is 1.75. The first-order valence-corrected chi connectivity index (χ1v) is 4.00. The van der Waals surface area contributed by atoms with Crippen LogP contribution in [0.5, 0.6) is 0 Å². The van der Waals surface area contributed by atoms with Gasteiger partial charge in [0.25, 0.3) is 0 Å². The molecule has 0 spiro atoms. The third-order valence-corrected chi connectivity index (χ3v) is 1.86. The molecule has 1 rings (SSSR count). The Labute approximate surface area is 69.6 Å². The number of aromatic nitrogens is 2. The van der Waals surface area contributed by atoms with Gasteiger partial charge in [0.1, 0.15) is 5.04 Å². The van der Waals surface area contributed by atoms with Gasteiger partial charge < -0.3 is 4.98 Å². The molecule has 0 aliphatic carbocycles. The summed E-state index contributed by atoms with van der Waals surface area (Å²) in [4.78, 5) is 11.0. The number of nitrogens with zero attached hydrogens (tertiary/aromatic N) is 2. The third-order valence-electron chi connectivity index (χ3n) is 1.10. The van der Waals surface area contributed by atoms with Gasteiger partial charge >= 0.3 is 0 Å². The lowest BCUT2D eigenvalue weighted by Gasteiger charge is -1.94. The fourth-order valence-corrected chi connectivity index (χ4v) is 1.16. The van der Waals surface area contributed by atoms with Gasteiger partial charge in [-0.2, -0.15) is 0 Å². The minimum absolute atomic E-state index is 0.789. The van der Waals surface area contributed by atoms with Crippen molar-refractivity contribution in [1.29, 1.82) is 0 Å². The summed E-state index contributed by atoms with van der Waals surface area (Å²) in [5.41, 5.74) is 0. The predicted octanol–water partition coefficient (Wildman–Crippen LogP) is 1.66. The van der Waals surface area contributed by atoms with Gasteiger partial charge in [0.2, 0.25) is 0 Å². The van der Waals surface area contributed by atoms with Crippen LogP contribution in [0.2, 0.25) is 0 Å². The normalized spacial score (nSPS) is 11.5. The summed E-state index contributed by atoms with van der Waals surface area (Å²) < 4.78 is 0. The molecule has 0 aromatic carbocycles. The van der Waals surface area contributed by atoms with Crippen molar-refractivity contribution in [2.75, 3.05) is 7.05 Å². The van der Waals surface area contributed by atoms with Gasteiger partial charge in [0, 0.05) is 19.4 Å². The molecule has 1 heterocycles. The molecule has 0 saturated carbocycles. The van der Waals surface area contributed by atoms with E-state index < -0.39 is 0 Å². The Hall–Kier alpha value is -1.03. The molecule has 0 fully saturated rings. The van der Waals surface area contributed by atoms with E-state index in [-0.39, 0.29) is 0 Å². The second-order valence-corrected chi connectivity index (χ2v) is 2.71. The van der Waals surface area contributed by atoms with Crippen LogP contribution in [0, 0.1) is 0 Å². The highest BCUT2D eigenvalue weighted by Crippen LogP contribution is 2.09. The number of hydrogen-bond donors (Lipinski definition) is 1. The Morgan fingerprint density at radius 3 is 3.18 bits per heavy atom. The molecule has 0 aliphatic heterocycles. The highest BCUT2D eigenvalue weighted by atomic mass is 32.2. The number of hydrogen-bond acceptors (Lipinski definition) is 3. The number of H-pyrrole nitrogens is 1. The Kier molecular flexibility index (Phi) is 2.92. The van der Waals surface area contributed by atoms with Crippen LogP contribution >= 0.6 is 11.8 Å². The summed E-state index contributed by atoms with van der Waals surface area (Å²) in [6.45, 7) is 3.60. The van der Waals surface area contributed by atoms with E-state index in [1.54, 1.807) is 24.8 Å². The van der Waals surface area contributed by atoms with Gasteiger partial charge in [0.15, 0.2) is 5.82 Å². The smallest absolute Gasteiger partial charge is 0.162 e. The van der Waals surface area contributed by atoms with E-state index in [1.165, 1.54) is 11.8 Å². The predicted molar refractivity (Wildman–Crippen MR) is 48.8 cm³/mol. The van der Waals surface area contributed by atoms with Crippen molar-refractivity contribution < 1.29 is 0 Å². The lowest BCUT2D eigenvalue weighted by molar-refractivity contribution is 1.26. The van der Waals surface area contributed by atoms with Crippen molar-refractivity contribution >= 4 is 16.8 Å². The first kappa shape index (κ1) is 8.07. The summed E-state index contributed by atoms with van der Waals surface area (Å²) >= 11 is 1.45. The van der Waals surface area contributed by atoms with Crippen LogP contribution in [-0.4, -0.2) is 22.1 Å². The molecule has 0 radical (unpaired) electrons. The zero-order valence-electron chi connectivity index (χ0n) is 6.24. The fourth-order valence-electron chi connectivity index (χ4n) is 0.676. The van der Waals surface area contributed by atoms with Crippen molar-refractivity contribution in [3.05, 3.63) is 30.2 Å². The molecule has 0 amide bonds. The van der Waals surface area contributed by atoms with Crippen LogP contribution in [0.1, 0.15) is 5.82 Å². The molecule has 4 heteroatoms. The number of imidazole rings is 1. The topological polar surface area (TPSA) is 41.0 Å². The number of rotatable bonds is 2. The number of thioether (sulfide) groups is 1. The maximum atomic E-state index is 4.05. The van der Waals surface area contributed by atoms with Crippen molar-refractivity contribution in [3.8, 4) is 0 Å². The molecule has 58 valence electrons.